The Labute approximate surface area is 198 Å². The van der Waals surface area contributed by atoms with Gasteiger partial charge in [-0.1, -0.05) is 29.3 Å². The van der Waals surface area contributed by atoms with Crippen LogP contribution in [0.25, 0.3) is 0 Å². The number of anilines is 1. The van der Waals surface area contributed by atoms with Gasteiger partial charge < -0.3 is 20.5 Å². The Bertz CT molecular complexity index is 850. The topological polar surface area (TPSA) is 98.3 Å². The molecule has 2 aromatic rings. The molecule has 0 aliphatic heterocycles. The Morgan fingerprint density at radius 3 is 2.32 bits per heavy atom. The van der Waals surface area contributed by atoms with E-state index < -0.39 is 18.4 Å². The SMILES string of the molecule is O=C([O-])CNC(=O)c1ccc(NC(=O)CSCc2ccc(Cl)cc2Cl)cc1.[Na+]. The number of aliphatic carboxylic acids is 1. The molecule has 0 fully saturated rings. The summed E-state index contributed by atoms with van der Waals surface area (Å²) in [6.45, 7) is -0.563. The molecule has 10 heteroatoms. The molecule has 2 aromatic carbocycles. The molecule has 0 aliphatic carbocycles. The molecule has 0 radical (unpaired) electrons. The van der Waals surface area contributed by atoms with Gasteiger partial charge in [-0.3, -0.25) is 9.59 Å². The maximum atomic E-state index is 12.0. The van der Waals surface area contributed by atoms with Crippen molar-refractivity contribution in [2.75, 3.05) is 17.6 Å². The van der Waals surface area contributed by atoms with E-state index in [2.05, 4.69) is 10.6 Å². The second kappa shape index (κ2) is 12.4. The van der Waals surface area contributed by atoms with Crippen molar-refractivity contribution in [1.82, 2.24) is 5.32 Å². The molecule has 0 aliphatic rings. The van der Waals surface area contributed by atoms with Gasteiger partial charge in [0.15, 0.2) is 0 Å². The Morgan fingerprint density at radius 1 is 1.04 bits per heavy atom. The number of carboxylic acid groups (broad SMARTS) is 1. The summed E-state index contributed by atoms with van der Waals surface area (Å²) in [5, 5.41) is 16.4. The molecule has 0 saturated heterocycles. The van der Waals surface area contributed by atoms with E-state index in [1.807, 2.05) is 6.07 Å². The standard InChI is InChI=1S/C18H16Cl2N2O4S.Na/c19-13-4-1-12(15(20)7-13)9-27-10-16(23)22-14-5-2-11(3-6-14)18(26)21-8-17(24)25;/h1-7H,8-10H2,(H,21,26)(H,22,23)(H,24,25);/q;+1/p-1. The first-order valence-electron chi connectivity index (χ1n) is 7.75. The number of carboxylic acids is 1. The van der Waals surface area contributed by atoms with Crippen LogP contribution in [0.4, 0.5) is 5.69 Å². The Hall–Kier alpha value is -1.22. The van der Waals surface area contributed by atoms with Crippen LogP contribution in [0, 0.1) is 0 Å². The van der Waals surface area contributed by atoms with Crippen molar-refractivity contribution in [3.8, 4) is 0 Å². The van der Waals surface area contributed by atoms with Gasteiger partial charge in [0.05, 0.1) is 18.3 Å². The number of halogens is 2. The molecular formula is C18H15Cl2N2NaO4S. The van der Waals surface area contributed by atoms with Crippen LogP contribution >= 0.6 is 35.0 Å². The van der Waals surface area contributed by atoms with Gasteiger partial charge in [-0.2, -0.15) is 0 Å². The zero-order chi connectivity index (χ0) is 19.8. The Kier molecular flexibility index (Phi) is 11.0. The Morgan fingerprint density at radius 2 is 1.71 bits per heavy atom. The summed E-state index contributed by atoms with van der Waals surface area (Å²) in [4.78, 5) is 34.0. The van der Waals surface area contributed by atoms with E-state index in [4.69, 9.17) is 23.2 Å². The predicted molar refractivity (Wildman–Crippen MR) is 105 cm³/mol. The van der Waals surface area contributed by atoms with Crippen molar-refractivity contribution in [2.24, 2.45) is 0 Å². The third-order valence-electron chi connectivity index (χ3n) is 3.33. The van der Waals surface area contributed by atoms with Crippen molar-refractivity contribution >= 4 is 58.4 Å². The van der Waals surface area contributed by atoms with Crippen LogP contribution in [-0.4, -0.2) is 30.1 Å². The molecule has 0 spiro atoms. The van der Waals surface area contributed by atoms with E-state index in [-0.39, 0.29) is 46.8 Å². The van der Waals surface area contributed by atoms with Gasteiger partial charge in [0, 0.05) is 27.0 Å². The Balaban J connectivity index is 0.00000392. The molecule has 0 unspecified atom stereocenters. The number of hydrogen-bond acceptors (Lipinski definition) is 5. The first-order chi connectivity index (χ1) is 12.8. The van der Waals surface area contributed by atoms with E-state index in [1.54, 1.807) is 24.3 Å². The molecule has 0 aromatic heterocycles. The van der Waals surface area contributed by atoms with Gasteiger partial charge in [0.25, 0.3) is 5.91 Å². The van der Waals surface area contributed by atoms with Crippen LogP contribution in [0.1, 0.15) is 15.9 Å². The second-order valence-electron chi connectivity index (χ2n) is 5.41. The zero-order valence-electron chi connectivity index (χ0n) is 15.0. The molecule has 2 N–H and O–H groups in total. The van der Waals surface area contributed by atoms with E-state index in [0.717, 1.165) is 5.56 Å². The van der Waals surface area contributed by atoms with E-state index >= 15 is 0 Å². The van der Waals surface area contributed by atoms with Gasteiger partial charge >= 0.3 is 29.6 Å². The molecule has 142 valence electrons. The van der Waals surface area contributed by atoms with Gasteiger partial charge in [-0.05, 0) is 42.0 Å². The van der Waals surface area contributed by atoms with E-state index in [0.29, 0.717) is 21.5 Å². The summed E-state index contributed by atoms with van der Waals surface area (Å²) in [6.07, 6.45) is 0. The van der Waals surface area contributed by atoms with Crippen molar-refractivity contribution in [2.45, 2.75) is 5.75 Å². The van der Waals surface area contributed by atoms with Crippen LogP contribution in [0.3, 0.4) is 0 Å². The molecule has 0 saturated carbocycles. The fourth-order valence-electron chi connectivity index (χ4n) is 2.05. The molecule has 2 amide bonds. The van der Waals surface area contributed by atoms with Crippen molar-refractivity contribution in [3.05, 3.63) is 63.6 Å². The fraction of sp³-hybridized carbons (Fsp3) is 0.167. The maximum Gasteiger partial charge on any atom is 1.00 e. The minimum absolute atomic E-state index is 0. The number of carbonyl (C=O) groups excluding carboxylic acids is 3. The van der Waals surface area contributed by atoms with Crippen LogP contribution in [-0.2, 0) is 15.3 Å². The largest absolute Gasteiger partial charge is 1.00 e. The van der Waals surface area contributed by atoms with Crippen molar-refractivity contribution in [1.29, 1.82) is 0 Å². The zero-order valence-corrected chi connectivity index (χ0v) is 19.3. The summed E-state index contributed by atoms with van der Waals surface area (Å²) in [5.74, 6) is -1.30. The molecule has 6 nitrogen and oxygen atoms in total. The van der Waals surface area contributed by atoms with Crippen molar-refractivity contribution in [3.63, 3.8) is 0 Å². The van der Waals surface area contributed by atoms with E-state index in [9.17, 15) is 19.5 Å². The van der Waals surface area contributed by atoms with Gasteiger partial charge in [0.1, 0.15) is 0 Å². The van der Waals surface area contributed by atoms with Crippen LogP contribution in [0.2, 0.25) is 10.0 Å². The summed E-state index contributed by atoms with van der Waals surface area (Å²) in [6, 6.07) is 11.3. The van der Waals surface area contributed by atoms with Crippen LogP contribution in [0.5, 0.6) is 0 Å². The molecule has 0 bridgehead atoms. The minimum atomic E-state index is -1.37. The number of thioether (sulfide) groups is 1. The monoisotopic (exact) mass is 448 g/mol. The quantitative estimate of drug-likeness (QED) is 0.522. The molecule has 0 atom stereocenters. The molecule has 2 rings (SSSR count). The number of nitrogens with one attached hydrogen (secondary N) is 2. The fourth-order valence-corrected chi connectivity index (χ4v) is 3.43. The second-order valence-corrected chi connectivity index (χ2v) is 7.24. The summed E-state index contributed by atoms with van der Waals surface area (Å²) in [5.41, 5.74) is 1.70. The van der Waals surface area contributed by atoms with Gasteiger partial charge in [-0.15, -0.1) is 11.8 Å². The summed E-state index contributed by atoms with van der Waals surface area (Å²) in [7, 11) is 0. The van der Waals surface area contributed by atoms with E-state index in [1.165, 1.54) is 23.9 Å². The smallest absolute Gasteiger partial charge is 0.548 e. The van der Waals surface area contributed by atoms with Gasteiger partial charge in [-0.25, -0.2) is 0 Å². The van der Waals surface area contributed by atoms with Crippen LogP contribution < -0.4 is 45.3 Å². The number of carbonyl (C=O) groups is 3. The average molecular weight is 449 g/mol. The maximum absolute atomic E-state index is 12.0. The molecule has 28 heavy (non-hydrogen) atoms. The first-order valence-corrected chi connectivity index (χ1v) is 9.66. The first kappa shape index (κ1) is 24.8. The third kappa shape index (κ3) is 8.43. The normalized spacial score (nSPS) is 9.93. The number of rotatable bonds is 8. The molecule has 0 heterocycles. The summed E-state index contributed by atoms with van der Waals surface area (Å²) < 4.78 is 0. The molecular weight excluding hydrogens is 434 g/mol. The number of amides is 2. The minimum Gasteiger partial charge on any atom is -0.548 e. The van der Waals surface area contributed by atoms with Crippen LogP contribution in [0.15, 0.2) is 42.5 Å². The van der Waals surface area contributed by atoms with Gasteiger partial charge in [0.2, 0.25) is 5.91 Å². The predicted octanol–water partition coefficient (Wildman–Crippen LogP) is -0.651. The number of benzene rings is 2. The van der Waals surface area contributed by atoms with Crippen molar-refractivity contribution < 1.29 is 49.0 Å². The summed E-state index contributed by atoms with van der Waals surface area (Å²) >= 11 is 13.3. The average Bonchev–Trinajstić information content (AvgIpc) is 2.62. The third-order valence-corrected chi connectivity index (χ3v) is 4.90. The number of hydrogen-bond donors (Lipinski definition) is 2.